The maximum atomic E-state index is 4.11. The van der Waals surface area contributed by atoms with E-state index in [2.05, 4.69) is 49.0 Å². The van der Waals surface area contributed by atoms with Gasteiger partial charge in [0.05, 0.1) is 5.52 Å². The monoisotopic (exact) mass is 266 g/mol. The first-order valence-electron chi connectivity index (χ1n) is 6.12. The van der Waals surface area contributed by atoms with Crippen molar-refractivity contribution in [2.75, 3.05) is 0 Å². The van der Waals surface area contributed by atoms with Gasteiger partial charge in [0, 0.05) is 36.1 Å². The molecule has 2 heterocycles. The van der Waals surface area contributed by atoms with Crippen molar-refractivity contribution in [1.82, 2.24) is 9.55 Å². The zero-order valence-corrected chi connectivity index (χ0v) is 12.2. The summed E-state index contributed by atoms with van der Waals surface area (Å²) in [6.45, 7) is 20.3. The molecule has 2 aromatic rings. The van der Waals surface area contributed by atoms with Crippen LogP contribution >= 0.6 is 0 Å². The second kappa shape index (κ2) is 9.34. The molecule has 0 aliphatic rings. The van der Waals surface area contributed by atoms with Crippen LogP contribution < -0.4 is 0 Å². The highest BCUT2D eigenvalue weighted by atomic mass is 14.9. The van der Waals surface area contributed by atoms with Crippen molar-refractivity contribution < 1.29 is 0 Å². The summed E-state index contributed by atoms with van der Waals surface area (Å²) in [7, 11) is 2.02. The van der Waals surface area contributed by atoms with Crippen LogP contribution in [-0.2, 0) is 7.05 Å². The minimum atomic E-state index is 1.09. The van der Waals surface area contributed by atoms with Crippen molar-refractivity contribution in [3.05, 3.63) is 81.3 Å². The Morgan fingerprint density at radius 1 is 1.05 bits per heavy atom. The molecule has 104 valence electrons. The number of rotatable bonds is 3. The molecule has 20 heavy (non-hydrogen) atoms. The molecule has 0 aromatic carbocycles. The first-order valence-corrected chi connectivity index (χ1v) is 6.12. The summed E-state index contributed by atoms with van der Waals surface area (Å²) in [5.41, 5.74) is 3.35. The molecule has 2 nitrogen and oxygen atoms in total. The summed E-state index contributed by atoms with van der Waals surface area (Å²) in [5, 5.41) is 1.12. The van der Waals surface area contributed by atoms with Gasteiger partial charge in [-0.3, -0.25) is 4.98 Å². The molecule has 0 amide bonds. The quantitative estimate of drug-likeness (QED) is 0.563. The van der Waals surface area contributed by atoms with Crippen molar-refractivity contribution in [1.29, 1.82) is 0 Å². The van der Waals surface area contributed by atoms with Gasteiger partial charge in [0.15, 0.2) is 0 Å². The molecule has 0 aliphatic carbocycles. The molecule has 2 heteroatoms. The van der Waals surface area contributed by atoms with E-state index < -0.39 is 0 Å². The van der Waals surface area contributed by atoms with Crippen molar-refractivity contribution in [2.24, 2.45) is 7.05 Å². The van der Waals surface area contributed by atoms with E-state index in [0.717, 1.165) is 22.2 Å². The fourth-order valence-electron chi connectivity index (χ4n) is 1.80. The molecule has 2 rings (SSSR count). The smallest absolute Gasteiger partial charge is 0.0519 e. The van der Waals surface area contributed by atoms with Gasteiger partial charge in [-0.2, -0.15) is 0 Å². The summed E-state index contributed by atoms with van der Waals surface area (Å²) < 4.78 is 2.10. The van der Waals surface area contributed by atoms with Crippen LogP contribution in [0.4, 0.5) is 0 Å². The zero-order valence-electron chi connectivity index (χ0n) is 12.2. The Bertz CT molecular complexity index is 597. The third-order valence-electron chi connectivity index (χ3n) is 2.65. The second-order valence-electron chi connectivity index (χ2n) is 3.63. The molecule has 0 saturated carbocycles. The molecule has 2 aromatic heterocycles. The van der Waals surface area contributed by atoms with E-state index in [0.29, 0.717) is 0 Å². The lowest BCUT2D eigenvalue weighted by atomic mass is 10.1. The Labute approximate surface area is 121 Å². The molecular formula is C18H22N2. The van der Waals surface area contributed by atoms with Gasteiger partial charge in [-0.1, -0.05) is 44.5 Å². The Morgan fingerprint density at radius 2 is 1.65 bits per heavy atom. The Hall–Kier alpha value is -2.61. The van der Waals surface area contributed by atoms with E-state index in [4.69, 9.17) is 0 Å². The summed E-state index contributed by atoms with van der Waals surface area (Å²) in [5.74, 6) is 0. The maximum Gasteiger partial charge on any atom is 0.0519 e. The van der Waals surface area contributed by atoms with Crippen LogP contribution in [0.2, 0.25) is 0 Å². The summed E-state index contributed by atoms with van der Waals surface area (Å²) in [4.78, 5) is 4.11. The van der Waals surface area contributed by atoms with Gasteiger partial charge in [0.25, 0.3) is 0 Å². The SMILES string of the molecule is C=C.C=CC=C.C=Cc1c(C=C)n(C)c2ccncc12. The predicted molar refractivity (Wildman–Crippen MR) is 92.5 cm³/mol. The lowest BCUT2D eigenvalue weighted by Gasteiger charge is -1.98. The average molecular weight is 266 g/mol. The molecule has 0 atom stereocenters. The topological polar surface area (TPSA) is 17.8 Å². The van der Waals surface area contributed by atoms with Gasteiger partial charge in [0.2, 0.25) is 0 Å². The first-order chi connectivity index (χ1) is 9.71. The Kier molecular flexibility index (Phi) is 8.12. The molecule has 0 unspecified atom stereocenters. The summed E-state index contributed by atoms with van der Waals surface area (Å²) >= 11 is 0. The number of allylic oxidation sites excluding steroid dienone is 2. The van der Waals surface area contributed by atoms with Gasteiger partial charge in [-0.25, -0.2) is 0 Å². The highest BCUT2D eigenvalue weighted by Crippen LogP contribution is 2.25. The molecule has 0 N–H and O–H groups in total. The third-order valence-corrected chi connectivity index (χ3v) is 2.65. The standard InChI is InChI=1S/C12H12N2.C4H6.C2H4/c1-4-9-10-8-13-7-6-12(10)14(3)11(9)5-2;1-3-4-2;1-2/h4-8H,1-2H2,3H3;3-4H,1-2H2;1-2H2. The molecule has 0 saturated heterocycles. The van der Waals surface area contributed by atoms with Gasteiger partial charge >= 0.3 is 0 Å². The predicted octanol–water partition coefficient (Wildman–Crippen LogP) is 5.02. The van der Waals surface area contributed by atoms with Gasteiger partial charge < -0.3 is 4.57 Å². The van der Waals surface area contributed by atoms with Crippen molar-refractivity contribution in [3.8, 4) is 0 Å². The number of aryl methyl sites for hydroxylation is 1. The summed E-state index contributed by atoms with van der Waals surface area (Å²) in [6, 6.07) is 2.00. The van der Waals surface area contributed by atoms with E-state index in [9.17, 15) is 0 Å². The molecule has 0 fully saturated rings. The average Bonchev–Trinajstić information content (AvgIpc) is 2.81. The Balaban J connectivity index is 0.000000521. The van der Waals surface area contributed by atoms with Crippen LogP contribution in [0.25, 0.3) is 23.1 Å². The number of hydrogen-bond acceptors (Lipinski definition) is 1. The van der Waals surface area contributed by atoms with Crippen LogP contribution in [0.5, 0.6) is 0 Å². The van der Waals surface area contributed by atoms with Gasteiger partial charge in [-0.05, 0) is 12.1 Å². The first kappa shape index (κ1) is 17.4. The second-order valence-corrected chi connectivity index (χ2v) is 3.63. The van der Waals surface area contributed by atoms with Crippen molar-refractivity contribution >= 4 is 23.1 Å². The highest BCUT2D eigenvalue weighted by Gasteiger charge is 2.09. The van der Waals surface area contributed by atoms with Crippen molar-refractivity contribution in [2.45, 2.75) is 0 Å². The molecule has 0 bridgehead atoms. The van der Waals surface area contributed by atoms with Crippen LogP contribution in [-0.4, -0.2) is 9.55 Å². The van der Waals surface area contributed by atoms with Crippen LogP contribution in [0.1, 0.15) is 11.3 Å². The minimum absolute atomic E-state index is 1.09. The number of pyridine rings is 1. The number of hydrogen-bond donors (Lipinski definition) is 0. The minimum Gasteiger partial charge on any atom is -0.344 e. The largest absolute Gasteiger partial charge is 0.344 e. The van der Waals surface area contributed by atoms with E-state index in [1.165, 1.54) is 0 Å². The third kappa shape index (κ3) is 3.69. The fraction of sp³-hybridized carbons (Fsp3) is 0.0556. The zero-order chi connectivity index (χ0) is 15.5. The van der Waals surface area contributed by atoms with E-state index >= 15 is 0 Å². The van der Waals surface area contributed by atoms with Gasteiger partial charge in [-0.15, -0.1) is 13.2 Å². The van der Waals surface area contributed by atoms with Crippen LogP contribution in [0, 0.1) is 0 Å². The lowest BCUT2D eigenvalue weighted by Crippen LogP contribution is -1.90. The van der Waals surface area contributed by atoms with Crippen LogP contribution in [0.3, 0.4) is 0 Å². The number of fused-ring (bicyclic) bond motifs is 1. The van der Waals surface area contributed by atoms with Crippen LogP contribution in [0.15, 0.2) is 70.1 Å². The van der Waals surface area contributed by atoms with Crippen molar-refractivity contribution in [3.63, 3.8) is 0 Å². The van der Waals surface area contributed by atoms with E-state index in [1.54, 1.807) is 18.3 Å². The molecule has 0 aliphatic heterocycles. The lowest BCUT2D eigenvalue weighted by molar-refractivity contribution is 0.953. The van der Waals surface area contributed by atoms with E-state index in [1.807, 2.05) is 31.5 Å². The molecular weight excluding hydrogens is 244 g/mol. The number of nitrogens with zero attached hydrogens (tertiary/aromatic N) is 2. The highest BCUT2D eigenvalue weighted by molar-refractivity contribution is 5.92. The normalized spacial score (nSPS) is 8.45. The van der Waals surface area contributed by atoms with Gasteiger partial charge in [0.1, 0.15) is 0 Å². The fourth-order valence-corrected chi connectivity index (χ4v) is 1.80. The number of aromatic nitrogens is 2. The maximum absolute atomic E-state index is 4.11. The molecule has 0 radical (unpaired) electrons. The Morgan fingerprint density at radius 3 is 2.10 bits per heavy atom. The summed E-state index contributed by atoms with van der Waals surface area (Å²) in [6.07, 6.45) is 10.6. The molecule has 0 spiro atoms. The van der Waals surface area contributed by atoms with E-state index in [-0.39, 0.29) is 0 Å².